The molecule has 0 aliphatic heterocycles. The van der Waals surface area contributed by atoms with Crippen LogP contribution in [0.4, 0.5) is 0 Å². The van der Waals surface area contributed by atoms with Crippen molar-refractivity contribution in [3.8, 4) is 0 Å². The van der Waals surface area contributed by atoms with Gasteiger partial charge in [0.05, 0.1) is 4.88 Å². The van der Waals surface area contributed by atoms with E-state index in [0.29, 0.717) is 10.8 Å². The van der Waals surface area contributed by atoms with Crippen LogP contribution >= 0.6 is 11.3 Å². The fourth-order valence-electron chi connectivity index (χ4n) is 2.90. The minimum absolute atomic E-state index is 0.0644. The van der Waals surface area contributed by atoms with Crippen LogP contribution in [0.15, 0.2) is 17.5 Å². The SMILES string of the molecule is CC(C)C(NC(=O)c1cccs1)C(=O)NCC1CCCCC1. The van der Waals surface area contributed by atoms with E-state index in [1.165, 1.54) is 43.4 Å². The summed E-state index contributed by atoms with van der Waals surface area (Å²) in [5.74, 6) is 0.431. The monoisotopic (exact) mass is 322 g/mol. The second-order valence-corrected chi connectivity index (χ2v) is 7.37. The Bertz CT molecular complexity index is 479. The Morgan fingerprint density at radius 3 is 2.59 bits per heavy atom. The molecule has 22 heavy (non-hydrogen) atoms. The quantitative estimate of drug-likeness (QED) is 0.845. The molecule has 0 aromatic carbocycles. The lowest BCUT2D eigenvalue weighted by Crippen LogP contribution is -2.50. The van der Waals surface area contributed by atoms with Crippen LogP contribution in [-0.2, 0) is 4.79 Å². The lowest BCUT2D eigenvalue weighted by molar-refractivity contribution is -0.124. The highest BCUT2D eigenvalue weighted by atomic mass is 32.1. The highest BCUT2D eigenvalue weighted by molar-refractivity contribution is 7.12. The number of hydrogen-bond donors (Lipinski definition) is 2. The molecule has 2 amide bonds. The number of nitrogens with one attached hydrogen (secondary N) is 2. The molecule has 2 N–H and O–H groups in total. The number of amides is 2. The Hall–Kier alpha value is -1.36. The van der Waals surface area contributed by atoms with Gasteiger partial charge in [-0.05, 0) is 36.1 Å². The highest BCUT2D eigenvalue weighted by Crippen LogP contribution is 2.22. The normalized spacial score (nSPS) is 17.2. The van der Waals surface area contributed by atoms with Crippen LogP contribution in [0.2, 0.25) is 0 Å². The molecule has 1 heterocycles. The van der Waals surface area contributed by atoms with Gasteiger partial charge in [0.25, 0.3) is 5.91 Å². The molecule has 0 bridgehead atoms. The maximum absolute atomic E-state index is 12.4. The number of hydrogen-bond acceptors (Lipinski definition) is 3. The van der Waals surface area contributed by atoms with Crippen molar-refractivity contribution in [1.29, 1.82) is 0 Å². The van der Waals surface area contributed by atoms with E-state index in [4.69, 9.17) is 0 Å². The molecule has 0 radical (unpaired) electrons. The Morgan fingerprint density at radius 2 is 2.00 bits per heavy atom. The summed E-state index contributed by atoms with van der Waals surface area (Å²) in [5, 5.41) is 7.76. The molecule has 1 atom stereocenters. The topological polar surface area (TPSA) is 58.2 Å². The first kappa shape index (κ1) is 17.0. The second-order valence-electron chi connectivity index (χ2n) is 6.42. The third-order valence-corrected chi connectivity index (χ3v) is 5.14. The van der Waals surface area contributed by atoms with Crippen LogP contribution in [0, 0.1) is 11.8 Å². The predicted octanol–water partition coefficient (Wildman–Crippen LogP) is 3.20. The molecule has 1 aliphatic carbocycles. The van der Waals surface area contributed by atoms with Gasteiger partial charge >= 0.3 is 0 Å². The lowest BCUT2D eigenvalue weighted by atomic mass is 9.89. The minimum atomic E-state index is -0.474. The molecule has 1 aromatic heterocycles. The van der Waals surface area contributed by atoms with Crippen LogP contribution in [-0.4, -0.2) is 24.4 Å². The zero-order valence-electron chi connectivity index (χ0n) is 13.4. The average molecular weight is 322 g/mol. The summed E-state index contributed by atoms with van der Waals surface area (Å²) in [6, 6.07) is 3.14. The molecule has 1 aromatic rings. The highest BCUT2D eigenvalue weighted by Gasteiger charge is 2.25. The smallest absolute Gasteiger partial charge is 0.262 e. The summed E-state index contributed by atoms with van der Waals surface area (Å²) in [4.78, 5) is 25.2. The maximum atomic E-state index is 12.4. The Morgan fingerprint density at radius 1 is 1.27 bits per heavy atom. The van der Waals surface area contributed by atoms with E-state index in [2.05, 4.69) is 10.6 Å². The molecule has 1 fully saturated rings. The van der Waals surface area contributed by atoms with Gasteiger partial charge in [0.15, 0.2) is 0 Å². The molecule has 1 saturated carbocycles. The maximum Gasteiger partial charge on any atom is 0.262 e. The average Bonchev–Trinajstić information content (AvgIpc) is 3.05. The van der Waals surface area contributed by atoms with E-state index < -0.39 is 6.04 Å². The van der Waals surface area contributed by atoms with E-state index in [9.17, 15) is 9.59 Å². The Labute approximate surface area is 136 Å². The lowest BCUT2D eigenvalue weighted by Gasteiger charge is -2.25. The van der Waals surface area contributed by atoms with Gasteiger partial charge in [-0.15, -0.1) is 11.3 Å². The molecule has 1 unspecified atom stereocenters. The van der Waals surface area contributed by atoms with E-state index >= 15 is 0 Å². The first-order valence-corrected chi connectivity index (χ1v) is 9.08. The van der Waals surface area contributed by atoms with Crippen molar-refractivity contribution < 1.29 is 9.59 Å². The van der Waals surface area contributed by atoms with Crippen molar-refractivity contribution in [2.45, 2.75) is 52.0 Å². The second kappa shape index (κ2) is 8.32. The Balaban J connectivity index is 1.86. The predicted molar refractivity (Wildman–Crippen MR) is 90.0 cm³/mol. The van der Waals surface area contributed by atoms with Crippen LogP contribution < -0.4 is 10.6 Å². The standard InChI is InChI=1S/C17H26N2O2S/c1-12(2)15(19-16(20)14-9-6-10-22-14)17(21)18-11-13-7-4-3-5-8-13/h6,9-10,12-13,15H,3-5,7-8,11H2,1-2H3,(H,18,21)(H,19,20). The molecule has 1 aliphatic rings. The zero-order chi connectivity index (χ0) is 15.9. The van der Waals surface area contributed by atoms with Crippen molar-refractivity contribution >= 4 is 23.2 Å². The van der Waals surface area contributed by atoms with Crippen molar-refractivity contribution in [3.05, 3.63) is 22.4 Å². The molecule has 2 rings (SSSR count). The van der Waals surface area contributed by atoms with Crippen molar-refractivity contribution in [1.82, 2.24) is 10.6 Å². The fourth-order valence-corrected chi connectivity index (χ4v) is 3.53. The molecule has 5 heteroatoms. The fraction of sp³-hybridized carbons (Fsp3) is 0.647. The van der Waals surface area contributed by atoms with Gasteiger partial charge in [-0.25, -0.2) is 0 Å². The summed E-state index contributed by atoms with van der Waals surface area (Å²) in [6.07, 6.45) is 6.25. The zero-order valence-corrected chi connectivity index (χ0v) is 14.2. The number of thiophene rings is 1. The largest absolute Gasteiger partial charge is 0.354 e. The third kappa shape index (κ3) is 4.83. The van der Waals surface area contributed by atoms with Crippen LogP contribution in [0.3, 0.4) is 0 Å². The third-order valence-electron chi connectivity index (χ3n) is 4.27. The first-order valence-electron chi connectivity index (χ1n) is 8.20. The van der Waals surface area contributed by atoms with Crippen LogP contribution in [0.5, 0.6) is 0 Å². The number of rotatable bonds is 6. The summed E-state index contributed by atoms with van der Waals surface area (Å²) in [7, 11) is 0. The van der Waals surface area contributed by atoms with Gasteiger partial charge in [-0.3, -0.25) is 9.59 Å². The van der Waals surface area contributed by atoms with Gasteiger partial charge in [0, 0.05) is 6.54 Å². The van der Waals surface area contributed by atoms with Crippen molar-refractivity contribution in [2.24, 2.45) is 11.8 Å². The van der Waals surface area contributed by atoms with E-state index in [1.54, 1.807) is 6.07 Å². The van der Waals surface area contributed by atoms with Gasteiger partial charge in [-0.2, -0.15) is 0 Å². The molecule has 0 spiro atoms. The van der Waals surface area contributed by atoms with Crippen molar-refractivity contribution in [3.63, 3.8) is 0 Å². The molecule has 122 valence electrons. The summed E-state index contributed by atoms with van der Waals surface area (Å²) >= 11 is 1.39. The molecule has 4 nitrogen and oxygen atoms in total. The summed E-state index contributed by atoms with van der Waals surface area (Å²) < 4.78 is 0. The van der Waals surface area contributed by atoms with E-state index in [0.717, 1.165) is 6.54 Å². The Kier molecular flexibility index (Phi) is 6.43. The molecular formula is C17H26N2O2S. The molecular weight excluding hydrogens is 296 g/mol. The van der Waals surface area contributed by atoms with E-state index in [1.807, 2.05) is 25.3 Å². The first-order chi connectivity index (χ1) is 10.6. The van der Waals surface area contributed by atoms with Gasteiger partial charge in [0.1, 0.15) is 6.04 Å². The van der Waals surface area contributed by atoms with Crippen LogP contribution in [0.25, 0.3) is 0 Å². The van der Waals surface area contributed by atoms with Gasteiger partial charge in [-0.1, -0.05) is 39.2 Å². The van der Waals surface area contributed by atoms with Crippen LogP contribution in [0.1, 0.15) is 55.6 Å². The van der Waals surface area contributed by atoms with Gasteiger partial charge < -0.3 is 10.6 Å². The number of carbonyl (C=O) groups excluding carboxylic acids is 2. The number of carbonyl (C=O) groups is 2. The summed E-state index contributed by atoms with van der Waals surface area (Å²) in [5.41, 5.74) is 0. The van der Waals surface area contributed by atoms with E-state index in [-0.39, 0.29) is 17.7 Å². The summed E-state index contributed by atoms with van der Waals surface area (Å²) in [6.45, 7) is 4.65. The minimum Gasteiger partial charge on any atom is -0.354 e. The van der Waals surface area contributed by atoms with Gasteiger partial charge in [0.2, 0.25) is 5.91 Å². The molecule has 0 saturated heterocycles. The van der Waals surface area contributed by atoms with Crippen molar-refractivity contribution in [2.75, 3.05) is 6.54 Å².